The predicted molar refractivity (Wildman–Crippen MR) is 81.2 cm³/mol. The van der Waals surface area contributed by atoms with Gasteiger partial charge in [0.1, 0.15) is 11.3 Å². The van der Waals surface area contributed by atoms with Crippen LogP contribution in [0.25, 0.3) is 11.5 Å². The molecule has 0 unspecified atom stereocenters. The minimum Gasteiger partial charge on any atom is -0.463 e. The van der Waals surface area contributed by atoms with E-state index >= 15 is 0 Å². The Morgan fingerprint density at radius 1 is 1.41 bits per heavy atom. The fourth-order valence-electron chi connectivity index (χ4n) is 2.14. The Morgan fingerprint density at radius 2 is 2.18 bits per heavy atom. The summed E-state index contributed by atoms with van der Waals surface area (Å²) in [5.41, 5.74) is 0.100. The molecule has 2 aromatic rings. The van der Waals surface area contributed by atoms with Gasteiger partial charge in [0.25, 0.3) is 11.5 Å². The lowest BCUT2D eigenvalue weighted by molar-refractivity contribution is 0.0708. The van der Waals surface area contributed by atoms with Gasteiger partial charge in [0, 0.05) is 12.6 Å². The number of pyridine rings is 1. The van der Waals surface area contributed by atoms with Crippen LogP contribution >= 0.6 is 0 Å². The molecule has 0 saturated heterocycles. The second-order valence-corrected chi connectivity index (χ2v) is 5.09. The smallest absolute Gasteiger partial charge is 0.261 e. The number of furan rings is 1. The first-order chi connectivity index (χ1) is 10.5. The van der Waals surface area contributed by atoms with Crippen LogP contribution in [0.2, 0.25) is 0 Å². The Kier molecular flexibility index (Phi) is 4.79. The molecule has 0 saturated carbocycles. The zero-order valence-electron chi connectivity index (χ0n) is 12.5. The summed E-state index contributed by atoms with van der Waals surface area (Å²) in [6.45, 7) is 3.99. The average Bonchev–Trinajstić information content (AvgIpc) is 3.01. The number of nitrogens with one attached hydrogen (secondary N) is 1. The highest BCUT2D eigenvalue weighted by molar-refractivity contribution is 5.94. The lowest BCUT2D eigenvalue weighted by Crippen LogP contribution is -2.40. The molecular weight excluding hydrogens is 282 g/mol. The van der Waals surface area contributed by atoms with Crippen molar-refractivity contribution in [1.82, 2.24) is 9.88 Å². The molecular formula is C16H17N3O3. The first-order valence-electron chi connectivity index (χ1n) is 6.99. The summed E-state index contributed by atoms with van der Waals surface area (Å²) in [5, 5.41) is 8.68. The van der Waals surface area contributed by atoms with Crippen LogP contribution in [-0.2, 0) is 0 Å². The quantitative estimate of drug-likeness (QED) is 0.917. The molecule has 6 heteroatoms. The molecule has 1 amide bonds. The molecule has 0 aliphatic carbocycles. The number of aromatic amines is 1. The summed E-state index contributed by atoms with van der Waals surface area (Å²) in [6, 6.07) is 8.48. The van der Waals surface area contributed by atoms with E-state index in [1.165, 1.54) is 17.2 Å². The largest absolute Gasteiger partial charge is 0.463 e. The van der Waals surface area contributed by atoms with E-state index in [4.69, 9.17) is 9.68 Å². The molecule has 0 spiro atoms. The summed E-state index contributed by atoms with van der Waals surface area (Å²) >= 11 is 0. The van der Waals surface area contributed by atoms with Crippen molar-refractivity contribution >= 4 is 5.91 Å². The van der Waals surface area contributed by atoms with Crippen LogP contribution in [-0.4, -0.2) is 28.4 Å². The summed E-state index contributed by atoms with van der Waals surface area (Å²) in [5.74, 6) is 0.152. The van der Waals surface area contributed by atoms with E-state index in [2.05, 4.69) is 4.98 Å². The molecule has 2 aromatic heterocycles. The van der Waals surface area contributed by atoms with E-state index < -0.39 is 5.56 Å². The van der Waals surface area contributed by atoms with Crippen molar-refractivity contribution in [2.75, 3.05) is 6.54 Å². The zero-order valence-corrected chi connectivity index (χ0v) is 12.5. The maximum Gasteiger partial charge on any atom is 0.261 e. The number of H-pyrrole nitrogens is 1. The molecule has 0 aromatic carbocycles. The van der Waals surface area contributed by atoms with Crippen LogP contribution in [0.4, 0.5) is 0 Å². The Balaban J connectivity index is 2.30. The van der Waals surface area contributed by atoms with Gasteiger partial charge < -0.3 is 14.3 Å². The number of amides is 1. The molecule has 0 atom stereocenters. The van der Waals surface area contributed by atoms with Crippen molar-refractivity contribution in [3.63, 3.8) is 0 Å². The molecule has 6 nitrogen and oxygen atoms in total. The topological polar surface area (TPSA) is 90.1 Å². The number of nitriles is 1. The van der Waals surface area contributed by atoms with Gasteiger partial charge in [-0.3, -0.25) is 9.59 Å². The van der Waals surface area contributed by atoms with Crippen molar-refractivity contribution in [2.24, 2.45) is 0 Å². The third-order valence-electron chi connectivity index (χ3n) is 3.28. The van der Waals surface area contributed by atoms with Gasteiger partial charge in [-0.1, -0.05) is 0 Å². The van der Waals surface area contributed by atoms with Gasteiger partial charge in [0.15, 0.2) is 0 Å². The first kappa shape index (κ1) is 15.6. The van der Waals surface area contributed by atoms with Crippen molar-refractivity contribution in [3.05, 3.63) is 46.4 Å². The second kappa shape index (κ2) is 6.76. The lowest BCUT2D eigenvalue weighted by atomic mass is 10.1. The predicted octanol–water partition coefficient (Wildman–Crippen LogP) is 2.40. The highest BCUT2D eigenvalue weighted by atomic mass is 16.3. The van der Waals surface area contributed by atoms with Crippen LogP contribution in [0.5, 0.6) is 0 Å². The molecule has 22 heavy (non-hydrogen) atoms. The number of hydrogen-bond donors (Lipinski definition) is 1. The van der Waals surface area contributed by atoms with Crippen molar-refractivity contribution in [1.29, 1.82) is 5.26 Å². The maximum atomic E-state index is 12.5. The minimum absolute atomic E-state index is 0.0574. The van der Waals surface area contributed by atoms with E-state index in [1.807, 2.05) is 19.9 Å². The van der Waals surface area contributed by atoms with Crippen LogP contribution < -0.4 is 5.56 Å². The van der Waals surface area contributed by atoms with Gasteiger partial charge in [0.05, 0.1) is 24.4 Å². The van der Waals surface area contributed by atoms with Gasteiger partial charge >= 0.3 is 0 Å². The lowest BCUT2D eigenvalue weighted by Gasteiger charge is -2.25. The summed E-state index contributed by atoms with van der Waals surface area (Å²) in [7, 11) is 0. The zero-order chi connectivity index (χ0) is 16.1. The number of hydrogen-bond acceptors (Lipinski definition) is 4. The van der Waals surface area contributed by atoms with E-state index in [1.54, 1.807) is 18.2 Å². The molecule has 0 fully saturated rings. The normalized spacial score (nSPS) is 10.5. The van der Waals surface area contributed by atoms with Gasteiger partial charge in [-0.25, -0.2) is 0 Å². The van der Waals surface area contributed by atoms with Crippen LogP contribution in [0, 0.1) is 11.3 Å². The molecule has 0 aliphatic heterocycles. The third-order valence-corrected chi connectivity index (χ3v) is 3.28. The van der Waals surface area contributed by atoms with Gasteiger partial charge in [-0.2, -0.15) is 5.26 Å². The number of rotatable bonds is 5. The molecule has 2 heterocycles. The third kappa shape index (κ3) is 3.26. The molecule has 114 valence electrons. The van der Waals surface area contributed by atoms with Crippen LogP contribution in [0.1, 0.15) is 30.6 Å². The van der Waals surface area contributed by atoms with E-state index in [0.29, 0.717) is 18.0 Å². The Bertz CT molecular complexity index is 739. The average molecular weight is 299 g/mol. The minimum atomic E-state index is -0.471. The van der Waals surface area contributed by atoms with E-state index in [-0.39, 0.29) is 23.9 Å². The molecule has 1 N–H and O–H groups in total. The molecule has 0 aliphatic rings. The number of aromatic nitrogens is 1. The number of nitrogens with zero attached hydrogens (tertiary/aromatic N) is 2. The van der Waals surface area contributed by atoms with E-state index in [0.717, 1.165) is 0 Å². The SMILES string of the molecule is CC(C)N(CCC#N)C(=O)c1ccc(-c2ccco2)[nH]c1=O. The van der Waals surface area contributed by atoms with E-state index in [9.17, 15) is 9.59 Å². The van der Waals surface area contributed by atoms with Crippen molar-refractivity contribution in [3.8, 4) is 17.5 Å². The summed E-state index contributed by atoms with van der Waals surface area (Å²) < 4.78 is 5.21. The van der Waals surface area contributed by atoms with Crippen LogP contribution in [0.3, 0.4) is 0 Å². The fraction of sp³-hybridized carbons (Fsp3) is 0.312. The van der Waals surface area contributed by atoms with Gasteiger partial charge in [-0.05, 0) is 38.1 Å². The summed E-state index contributed by atoms with van der Waals surface area (Å²) in [4.78, 5) is 28.8. The van der Waals surface area contributed by atoms with Crippen molar-refractivity contribution in [2.45, 2.75) is 26.3 Å². The Hall–Kier alpha value is -2.81. The number of carbonyl (C=O) groups excluding carboxylic acids is 1. The monoisotopic (exact) mass is 299 g/mol. The maximum absolute atomic E-state index is 12.5. The van der Waals surface area contributed by atoms with Crippen LogP contribution in [0.15, 0.2) is 39.7 Å². The fourth-order valence-corrected chi connectivity index (χ4v) is 2.14. The molecule has 0 bridgehead atoms. The Labute approximate surface area is 128 Å². The first-order valence-corrected chi connectivity index (χ1v) is 6.99. The molecule has 2 rings (SSSR count). The Morgan fingerprint density at radius 3 is 2.73 bits per heavy atom. The number of carbonyl (C=O) groups is 1. The van der Waals surface area contributed by atoms with Gasteiger partial charge in [0.2, 0.25) is 0 Å². The second-order valence-electron chi connectivity index (χ2n) is 5.09. The molecule has 0 radical (unpaired) electrons. The summed E-state index contributed by atoms with van der Waals surface area (Å²) in [6.07, 6.45) is 1.74. The van der Waals surface area contributed by atoms with Gasteiger partial charge in [-0.15, -0.1) is 0 Å². The van der Waals surface area contributed by atoms with Crippen molar-refractivity contribution < 1.29 is 9.21 Å². The standard InChI is InChI=1S/C16H17N3O3/c1-11(2)19(9-4-8-17)16(21)12-6-7-13(18-15(12)20)14-5-3-10-22-14/h3,5-7,10-11H,4,9H2,1-2H3,(H,18,20). The highest BCUT2D eigenvalue weighted by Gasteiger charge is 2.21. The highest BCUT2D eigenvalue weighted by Crippen LogP contribution is 2.16.